The summed E-state index contributed by atoms with van der Waals surface area (Å²) in [5.41, 5.74) is 1.09. The van der Waals surface area contributed by atoms with Crippen LogP contribution in [0.4, 0.5) is 5.69 Å². The molecular formula is C24H28N4O4S. The maximum Gasteiger partial charge on any atom is 0.243 e. The van der Waals surface area contributed by atoms with Gasteiger partial charge < -0.3 is 9.84 Å². The number of anilines is 1. The number of carbonyl (C=O) groups is 1. The maximum atomic E-state index is 13.2. The first-order chi connectivity index (χ1) is 15.7. The molecule has 1 aliphatic rings. The molecule has 9 heteroatoms. The number of hydrogen-bond acceptors (Lipinski definition) is 6. The predicted octanol–water partition coefficient (Wildman–Crippen LogP) is 4.22. The van der Waals surface area contributed by atoms with Crippen LogP contribution in [0.3, 0.4) is 0 Å². The molecule has 3 aromatic rings. The molecule has 0 bridgehead atoms. The van der Waals surface area contributed by atoms with Crippen LogP contribution in [0, 0.1) is 0 Å². The summed E-state index contributed by atoms with van der Waals surface area (Å²) < 4.78 is 33.0. The minimum absolute atomic E-state index is 0.198. The van der Waals surface area contributed by atoms with E-state index in [4.69, 9.17) is 4.52 Å². The third kappa shape index (κ3) is 4.99. The zero-order chi connectivity index (χ0) is 23.6. The van der Waals surface area contributed by atoms with Crippen LogP contribution in [-0.4, -0.2) is 41.4 Å². The normalized spacial score (nSPS) is 17.6. The van der Waals surface area contributed by atoms with E-state index in [0.717, 1.165) is 18.4 Å². The summed E-state index contributed by atoms with van der Waals surface area (Å²) in [6, 6.07) is 14.6. The van der Waals surface area contributed by atoms with Crippen molar-refractivity contribution in [2.75, 3.05) is 11.9 Å². The second-order valence-electron chi connectivity index (χ2n) is 9.18. The van der Waals surface area contributed by atoms with Crippen molar-refractivity contribution in [2.45, 2.75) is 56.4 Å². The first-order valence-electron chi connectivity index (χ1n) is 11.0. The highest BCUT2D eigenvalue weighted by Crippen LogP contribution is 2.27. The third-order valence-electron chi connectivity index (χ3n) is 5.58. The minimum Gasteiger partial charge on any atom is -0.338 e. The van der Waals surface area contributed by atoms with Gasteiger partial charge in [-0.2, -0.15) is 9.29 Å². The van der Waals surface area contributed by atoms with Gasteiger partial charge in [-0.25, -0.2) is 8.42 Å². The molecule has 2 aromatic carbocycles. The van der Waals surface area contributed by atoms with Gasteiger partial charge in [0.25, 0.3) is 0 Å². The van der Waals surface area contributed by atoms with E-state index >= 15 is 0 Å². The standard InChI is InChI=1S/C24H28N4O4S/c1-24(2,3)23-26-21(27-32-23)17-12-14-18(15-13-17)25-22(29)20-11-7-8-16-28(20)33(30,31)19-9-5-4-6-10-19/h4-6,9-10,12-15,20H,7-8,11,16H2,1-3H3,(H,25,29). The smallest absolute Gasteiger partial charge is 0.243 e. The van der Waals surface area contributed by atoms with Crippen LogP contribution in [0.1, 0.15) is 45.9 Å². The molecule has 1 atom stereocenters. The Morgan fingerprint density at radius 1 is 1.06 bits per heavy atom. The van der Waals surface area contributed by atoms with Crippen molar-refractivity contribution in [3.8, 4) is 11.4 Å². The van der Waals surface area contributed by atoms with E-state index in [2.05, 4.69) is 15.5 Å². The van der Waals surface area contributed by atoms with Gasteiger partial charge in [0.15, 0.2) is 0 Å². The van der Waals surface area contributed by atoms with Crippen LogP contribution in [0.15, 0.2) is 64.0 Å². The Hall–Kier alpha value is -3.04. The number of rotatable bonds is 5. The molecule has 1 fully saturated rings. The number of piperidine rings is 1. The summed E-state index contributed by atoms with van der Waals surface area (Å²) in [7, 11) is -3.76. The van der Waals surface area contributed by atoms with E-state index < -0.39 is 16.1 Å². The third-order valence-corrected chi connectivity index (χ3v) is 7.51. The molecule has 1 aromatic heterocycles. The van der Waals surface area contributed by atoms with E-state index in [1.54, 1.807) is 54.6 Å². The van der Waals surface area contributed by atoms with Gasteiger partial charge in [0.1, 0.15) is 6.04 Å². The fourth-order valence-electron chi connectivity index (χ4n) is 3.76. The van der Waals surface area contributed by atoms with Gasteiger partial charge in [0.05, 0.1) is 4.90 Å². The number of amides is 1. The molecule has 33 heavy (non-hydrogen) atoms. The molecular weight excluding hydrogens is 440 g/mol. The SMILES string of the molecule is CC(C)(C)c1nc(-c2ccc(NC(=O)C3CCCCN3S(=O)(=O)c3ccccc3)cc2)no1. The zero-order valence-electron chi connectivity index (χ0n) is 19.0. The van der Waals surface area contributed by atoms with Crippen molar-refractivity contribution in [2.24, 2.45) is 0 Å². The Morgan fingerprint density at radius 2 is 1.76 bits per heavy atom. The molecule has 1 unspecified atom stereocenters. The highest BCUT2D eigenvalue weighted by atomic mass is 32.2. The fraction of sp³-hybridized carbons (Fsp3) is 0.375. The minimum atomic E-state index is -3.76. The van der Waals surface area contributed by atoms with Crippen LogP contribution < -0.4 is 5.32 Å². The quantitative estimate of drug-likeness (QED) is 0.601. The molecule has 0 aliphatic carbocycles. The van der Waals surface area contributed by atoms with E-state index in [1.807, 2.05) is 20.8 Å². The molecule has 0 radical (unpaired) electrons. The summed E-state index contributed by atoms with van der Waals surface area (Å²) in [6.45, 7) is 6.31. The van der Waals surface area contributed by atoms with Gasteiger partial charge in [0.2, 0.25) is 27.6 Å². The van der Waals surface area contributed by atoms with Gasteiger partial charge in [-0.3, -0.25) is 4.79 Å². The average Bonchev–Trinajstić information content (AvgIpc) is 3.31. The first-order valence-corrected chi connectivity index (χ1v) is 12.4. The van der Waals surface area contributed by atoms with Crippen molar-refractivity contribution < 1.29 is 17.7 Å². The second-order valence-corrected chi connectivity index (χ2v) is 11.1. The molecule has 0 spiro atoms. The fourth-order valence-corrected chi connectivity index (χ4v) is 5.43. The lowest BCUT2D eigenvalue weighted by atomic mass is 9.97. The molecule has 8 nitrogen and oxygen atoms in total. The van der Waals surface area contributed by atoms with E-state index in [-0.39, 0.29) is 16.2 Å². The number of benzene rings is 2. The second kappa shape index (κ2) is 9.07. The molecule has 0 saturated carbocycles. The largest absolute Gasteiger partial charge is 0.338 e. The first kappa shape index (κ1) is 23.1. The van der Waals surface area contributed by atoms with Gasteiger partial charge in [0, 0.05) is 23.2 Å². The van der Waals surface area contributed by atoms with Crippen molar-refractivity contribution in [1.29, 1.82) is 0 Å². The lowest BCUT2D eigenvalue weighted by Crippen LogP contribution is -2.49. The zero-order valence-corrected chi connectivity index (χ0v) is 19.8. The van der Waals surface area contributed by atoms with Gasteiger partial charge in [-0.1, -0.05) is 50.5 Å². The lowest BCUT2D eigenvalue weighted by Gasteiger charge is -2.33. The molecule has 1 amide bonds. The average molecular weight is 469 g/mol. The lowest BCUT2D eigenvalue weighted by molar-refractivity contribution is -0.120. The number of aromatic nitrogens is 2. The molecule has 1 saturated heterocycles. The van der Waals surface area contributed by atoms with E-state index in [1.165, 1.54) is 4.31 Å². The van der Waals surface area contributed by atoms with Crippen molar-refractivity contribution in [3.05, 3.63) is 60.5 Å². The number of nitrogens with one attached hydrogen (secondary N) is 1. The number of sulfonamides is 1. The Kier molecular flexibility index (Phi) is 6.36. The molecule has 174 valence electrons. The van der Waals surface area contributed by atoms with Crippen LogP contribution >= 0.6 is 0 Å². The van der Waals surface area contributed by atoms with Crippen molar-refractivity contribution >= 4 is 21.6 Å². The number of hydrogen-bond donors (Lipinski definition) is 1. The highest BCUT2D eigenvalue weighted by molar-refractivity contribution is 7.89. The Bertz CT molecular complexity index is 1220. The van der Waals surface area contributed by atoms with Crippen molar-refractivity contribution in [1.82, 2.24) is 14.4 Å². The van der Waals surface area contributed by atoms with E-state index in [0.29, 0.717) is 30.4 Å². The van der Waals surface area contributed by atoms with Gasteiger partial charge in [-0.05, 0) is 49.2 Å². The monoisotopic (exact) mass is 468 g/mol. The number of nitrogens with zero attached hydrogens (tertiary/aromatic N) is 3. The van der Waals surface area contributed by atoms with Crippen LogP contribution in [0.2, 0.25) is 0 Å². The van der Waals surface area contributed by atoms with E-state index in [9.17, 15) is 13.2 Å². The Morgan fingerprint density at radius 3 is 2.39 bits per heavy atom. The molecule has 1 aliphatic heterocycles. The van der Waals surface area contributed by atoms with Gasteiger partial charge in [-0.15, -0.1) is 0 Å². The summed E-state index contributed by atoms with van der Waals surface area (Å²) in [4.78, 5) is 17.7. The molecule has 2 heterocycles. The maximum absolute atomic E-state index is 13.2. The molecule has 1 N–H and O–H groups in total. The number of carbonyl (C=O) groups excluding carboxylic acids is 1. The summed E-state index contributed by atoms with van der Waals surface area (Å²) >= 11 is 0. The summed E-state index contributed by atoms with van der Waals surface area (Å²) in [5, 5.41) is 6.90. The van der Waals surface area contributed by atoms with Gasteiger partial charge >= 0.3 is 0 Å². The Balaban J connectivity index is 1.49. The van der Waals surface area contributed by atoms with Crippen LogP contribution in [-0.2, 0) is 20.2 Å². The van der Waals surface area contributed by atoms with Crippen LogP contribution in [0.25, 0.3) is 11.4 Å². The van der Waals surface area contributed by atoms with Crippen LogP contribution in [0.5, 0.6) is 0 Å². The van der Waals surface area contributed by atoms with Crippen molar-refractivity contribution in [3.63, 3.8) is 0 Å². The highest BCUT2D eigenvalue weighted by Gasteiger charge is 2.37. The molecule has 4 rings (SSSR count). The summed E-state index contributed by atoms with van der Waals surface area (Å²) in [6.07, 6.45) is 2.01. The predicted molar refractivity (Wildman–Crippen MR) is 125 cm³/mol. The summed E-state index contributed by atoms with van der Waals surface area (Å²) in [5.74, 6) is 0.689. The Labute approximate surface area is 194 Å². The topological polar surface area (TPSA) is 105 Å².